The predicted molar refractivity (Wildman–Crippen MR) is 109 cm³/mol. The fourth-order valence-electron chi connectivity index (χ4n) is 2.63. The Bertz CT molecular complexity index is 1290. The first kappa shape index (κ1) is 20.2. The molecule has 0 aliphatic rings. The highest BCUT2D eigenvalue weighted by Gasteiger charge is 2.13. The smallest absolute Gasteiger partial charge is 0.328 e. The number of nitriles is 2. The minimum Gasteiger partial charge on any atom is -0.488 e. The van der Waals surface area contributed by atoms with Crippen LogP contribution in [0.5, 0.6) is 17.2 Å². The number of hydrogen-bond acceptors (Lipinski definition) is 6. The first-order valence-electron chi connectivity index (χ1n) is 8.85. The first-order valence-corrected chi connectivity index (χ1v) is 8.85. The van der Waals surface area contributed by atoms with Gasteiger partial charge in [0.05, 0.1) is 23.8 Å². The van der Waals surface area contributed by atoms with Crippen LogP contribution in [-0.2, 0) is 6.54 Å². The SMILES string of the molecule is C=C(C#N)c1cccc(Oc2c(C#N)cccc2OCCn2ccc(=O)[nH]c2=O)c1. The Labute approximate surface area is 171 Å². The monoisotopic (exact) mass is 400 g/mol. The molecule has 0 aliphatic heterocycles. The summed E-state index contributed by atoms with van der Waals surface area (Å²) in [5.74, 6) is 0.942. The molecule has 0 radical (unpaired) electrons. The van der Waals surface area contributed by atoms with Crippen LogP contribution in [0.15, 0.2) is 70.9 Å². The van der Waals surface area contributed by atoms with Crippen LogP contribution in [0.1, 0.15) is 11.1 Å². The summed E-state index contributed by atoms with van der Waals surface area (Å²) in [6.07, 6.45) is 1.38. The van der Waals surface area contributed by atoms with Gasteiger partial charge in [0, 0.05) is 12.3 Å². The third-order valence-corrected chi connectivity index (χ3v) is 4.12. The summed E-state index contributed by atoms with van der Waals surface area (Å²) in [6, 6.07) is 16.9. The zero-order chi connectivity index (χ0) is 21.5. The molecule has 1 aromatic heterocycles. The summed E-state index contributed by atoms with van der Waals surface area (Å²) in [4.78, 5) is 25.1. The molecule has 0 saturated carbocycles. The maximum atomic E-state index is 11.8. The van der Waals surface area contributed by atoms with Gasteiger partial charge in [0.1, 0.15) is 18.4 Å². The molecular formula is C22H16N4O4. The molecule has 0 atom stereocenters. The standard InChI is InChI=1S/C22H16N4O4/c1-15(13-23)16-4-2-6-18(12-16)30-21-17(14-24)5-3-7-19(21)29-11-10-26-9-8-20(27)25-22(26)28/h2-9,12H,1,10-11H2,(H,25,27,28). The average Bonchev–Trinajstić information content (AvgIpc) is 2.75. The lowest BCUT2D eigenvalue weighted by atomic mass is 10.1. The number of rotatable bonds is 7. The Morgan fingerprint density at radius 3 is 2.67 bits per heavy atom. The fourth-order valence-corrected chi connectivity index (χ4v) is 2.63. The van der Waals surface area contributed by atoms with E-state index in [1.54, 1.807) is 42.5 Å². The van der Waals surface area contributed by atoms with Crippen LogP contribution in [0.3, 0.4) is 0 Å². The van der Waals surface area contributed by atoms with Crippen molar-refractivity contribution in [1.29, 1.82) is 10.5 Å². The van der Waals surface area contributed by atoms with Crippen molar-refractivity contribution in [3.63, 3.8) is 0 Å². The summed E-state index contributed by atoms with van der Waals surface area (Å²) in [5.41, 5.74) is 0.137. The second-order valence-corrected chi connectivity index (χ2v) is 6.12. The van der Waals surface area contributed by atoms with Gasteiger partial charge in [0.25, 0.3) is 5.56 Å². The van der Waals surface area contributed by atoms with E-state index in [4.69, 9.17) is 14.7 Å². The summed E-state index contributed by atoms with van der Waals surface area (Å²) < 4.78 is 12.9. The highest BCUT2D eigenvalue weighted by molar-refractivity contribution is 5.75. The molecule has 0 amide bonds. The van der Waals surface area contributed by atoms with E-state index in [1.165, 1.54) is 16.8 Å². The fraction of sp³-hybridized carbons (Fsp3) is 0.0909. The third-order valence-electron chi connectivity index (χ3n) is 4.12. The van der Waals surface area contributed by atoms with Gasteiger partial charge >= 0.3 is 5.69 Å². The highest BCUT2D eigenvalue weighted by atomic mass is 16.5. The third kappa shape index (κ3) is 4.64. The van der Waals surface area contributed by atoms with E-state index in [2.05, 4.69) is 17.6 Å². The molecule has 148 valence electrons. The molecule has 30 heavy (non-hydrogen) atoms. The number of ether oxygens (including phenoxy) is 2. The minimum atomic E-state index is -0.539. The molecular weight excluding hydrogens is 384 g/mol. The number of H-pyrrole nitrogens is 1. The maximum Gasteiger partial charge on any atom is 0.328 e. The molecule has 3 aromatic rings. The highest BCUT2D eigenvalue weighted by Crippen LogP contribution is 2.35. The molecule has 0 aliphatic carbocycles. The van der Waals surface area contributed by atoms with Crippen molar-refractivity contribution in [2.75, 3.05) is 6.61 Å². The summed E-state index contributed by atoms with van der Waals surface area (Å²) >= 11 is 0. The Balaban J connectivity index is 1.82. The lowest BCUT2D eigenvalue weighted by molar-refractivity contribution is 0.283. The van der Waals surface area contributed by atoms with Crippen molar-refractivity contribution in [2.45, 2.75) is 6.54 Å². The van der Waals surface area contributed by atoms with Crippen molar-refractivity contribution in [3.05, 3.63) is 93.3 Å². The number of allylic oxidation sites excluding steroid dienone is 1. The summed E-state index contributed by atoms with van der Waals surface area (Å²) in [7, 11) is 0. The van der Waals surface area contributed by atoms with Crippen molar-refractivity contribution in [1.82, 2.24) is 9.55 Å². The largest absolute Gasteiger partial charge is 0.488 e. The van der Waals surface area contributed by atoms with E-state index >= 15 is 0 Å². The molecule has 1 N–H and O–H groups in total. The van der Waals surface area contributed by atoms with Crippen LogP contribution < -0.4 is 20.7 Å². The van der Waals surface area contributed by atoms with Crippen LogP contribution >= 0.6 is 0 Å². The van der Waals surface area contributed by atoms with E-state index in [-0.39, 0.29) is 30.0 Å². The molecule has 0 unspecified atom stereocenters. The topological polar surface area (TPSA) is 121 Å². The summed E-state index contributed by atoms with van der Waals surface area (Å²) in [5, 5.41) is 18.5. The molecule has 8 heteroatoms. The predicted octanol–water partition coefficient (Wildman–Crippen LogP) is 2.82. The number of aromatic amines is 1. The molecule has 3 rings (SSSR count). The Kier molecular flexibility index (Phi) is 6.11. The second-order valence-electron chi connectivity index (χ2n) is 6.12. The lowest BCUT2D eigenvalue weighted by Crippen LogP contribution is -2.30. The normalized spacial score (nSPS) is 9.93. The van der Waals surface area contributed by atoms with Gasteiger partial charge in [-0.15, -0.1) is 0 Å². The minimum absolute atomic E-state index is 0.0997. The van der Waals surface area contributed by atoms with Gasteiger partial charge in [-0.25, -0.2) is 4.79 Å². The van der Waals surface area contributed by atoms with Crippen LogP contribution in [0, 0.1) is 22.7 Å². The van der Waals surface area contributed by atoms with E-state index in [9.17, 15) is 14.9 Å². The van der Waals surface area contributed by atoms with Gasteiger partial charge in [0.15, 0.2) is 11.5 Å². The van der Waals surface area contributed by atoms with Crippen LogP contribution in [0.2, 0.25) is 0 Å². The van der Waals surface area contributed by atoms with Crippen molar-refractivity contribution < 1.29 is 9.47 Å². The van der Waals surface area contributed by atoms with E-state index in [0.717, 1.165) is 0 Å². The number of nitrogens with zero attached hydrogens (tertiary/aromatic N) is 3. The van der Waals surface area contributed by atoms with Crippen molar-refractivity contribution >= 4 is 5.57 Å². The van der Waals surface area contributed by atoms with E-state index in [0.29, 0.717) is 17.1 Å². The van der Waals surface area contributed by atoms with Crippen LogP contribution in [0.4, 0.5) is 0 Å². The molecule has 0 bridgehead atoms. The van der Waals surface area contributed by atoms with Gasteiger partial charge in [-0.2, -0.15) is 10.5 Å². The number of nitrogens with one attached hydrogen (secondary N) is 1. The molecule has 8 nitrogen and oxygen atoms in total. The zero-order valence-corrected chi connectivity index (χ0v) is 15.8. The summed E-state index contributed by atoms with van der Waals surface area (Å²) in [6.45, 7) is 3.96. The number of benzene rings is 2. The van der Waals surface area contributed by atoms with Gasteiger partial charge in [0.2, 0.25) is 0 Å². The Morgan fingerprint density at radius 1 is 1.13 bits per heavy atom. The second kappa shape index (κ2) is 9.09. The molecule has 1 heterocycles. The van der Waals surface area contributed by atoms with Gasteiger partial charge in [-0.3, -0.25) is 14.3 Å². The number of aromatic nitrogens is 2. The molecule has 0 saturated heterocycles. The zero-order valence-electron chi connectivity index (χ0n) is 15.8. The lowest BCUT2D eigenvalue weighted by Gasteiger charge is -2.14. The van der Waals surface area contributed by atoms with Gasteiger partial charge in [-0.1, -0.05) is 24.8 Å². The van der Waals surface area contributed by atoms with E-state index < -0.39 is 11.2 Å². The number of para-hydroxylation sites is 1. The molecule has 0 spiro atoms. The average molecular weight is 400 g/mol. The molecule has 0 fully saturated rings. The molecule has 2 aromatic carbocycles. The maximum absolute atomic E-state index is 11.8. The van der Waals surface area contributed by atoms with Gasteiger partial charge in [-0.05, 0) is 29.8 Å². The van der Waals surface area contributed by atoms with Crippen molar-refractivity contribution in [2.24, 2.45) is 0 Å². The van der Waals surface area contributed by atoms with Crippen molar-refractivity contribution in [3.8, 4) is 29.4 Å². The van der Waals surface area contributed by atoms with Crippen LogP contribution in [0.25, 0.3) is 5.57 Å². The van der Waals surface area contributed by atoms with Gasteiger partial charge < -0.3 is 9.47 Å². The Morgan fingerprint density at radius 2 is 1.93 bits per heavy atom. The van der Waals surface area contributed by atoms with E-state index in [1.807, 2.05) is 6.07 Å². The first-order chi connectivity index (χ1) is 14.5. The Hall–Kier alpha value is -4.56. The number of hydrogen-bond donors (Lipinski definition) is 1. The van der Waals surface area contributed by atoms with Crippen LogP contribution in [-0.4, -0.2) is 16.2 Å². The quantitative estimate of drug-likeness (QED) is 0.609.